The third kappa shape index (κ3) is 0.990. The number of aromatic amines is 1. The van der Waals surface area contributed by atoms with Gasteiger partial charge in [-0.15, -0.1) is 11.3 Å². The third-order valence-corrected chi connectivity index (χ3v) is 3.43. The van der Waals surface area contributed by atoms with Crippen molar-refractivity contribution in [2.24, 2.45) is 0 Å². The van der Waals surface area contributed by atoms with Gasteiger partial charge >= 0.3 is 0 Å². The summed E-state index contributed by atoms with van der Waals surface area (Å²) in [5.41, 5.74) is 1.99. The Balaban J connectivity index is 2.52. The van der Waals surface area contributed by atoms with E-state index >= 15 is 0 Å². The molecule has 0 amide bonds. The van der Waals surface area contributed by atoms with Crippen molar-refractivity contribution in [3.63, 3.8) is 0 Å². The molecule has 1 N–H and O–H groups in total. The van der Waals surface area contributed by atoms with Crippen LogP contribution in [0.4, 0.5) is 4.39 Å². The molecule has 0 radical (unpaired) electrons. The van der Waals surface area contributed by atoms with Crippen LogP contribution < -0.4 is 0 Å². The normalized spacial score (nSPS) is 11.6. The molecule has 3 aromatic rings. The fourth-order valence-electron chi connectivity index (χ4n) is 1.77. The monoisotopic (exact) mass is 205 g/mol. The summed E-state index contributed by atoms with van der Waals surface area (Å²) >= 11 is 1.74. The number of rotatable bonds is 0. The molecule has 3 heteroatoms. The highest BCUT2D eigenvalue weighted by Crippen LogP contribution is 2.32. The molecule has 0 saturated carbocycles. The van der Waals surface area contributed by atoms with Gasteiger partial charge in [0.05, 0.1) is 15.7 Å². The first-order valence-electron chi connectivity index (χ1n) is 4.41. The van der Waals surface area contributed by atoms with Crippen LogP contribution >= 0.6 is 11.3 Å². The molecule has 0 spiro atoms. The first-order valence-corrected chi connectivity index (χ1v) is 5.23. The number of halogens is 1. The van der Waals surface area contributed by atoms with E-state index in [0.717, 1.165) is 16.4 Å². The number of fused-ring (bicyclic) bond motifs is 3. The van der Waals surface area contributed by atoms with Gasteiger partial charge in [0.2, 0.25) is 0 Å². The molecule has 1 aromatic carbocycles. The summed E-state index contributed by atoms with van der Waals surface area (Å²) in [6.45, 7) is 2.08. The topological polar surface area (TPSA) is 15.8 Å². The molecule has 70 valence electrons. The molecule has 3 rings (SSSR count). The van der Waals surface area contributed by atoms with Crippen LogP contribution in [0.3, 0.4) is 0 Å². The van der Waals surface area contributed by atoms with E-state index in [2.05, 4.69) is 18.0 Å². The number of aryl methyl sites for hydroxylation is 1. The average molecular weight is 205 g/mol. The van der Waals surface area contributed by atoms with Crippen molar-refractivity contribution in [1.29, 1.82) is 0 Å². The van der Waals surface area contributed by atoms with Crippen molar-refractivity contribution < 1.29 is 4.39 Å². The average Bonchev–Trinajstić information content (AvgIpc) is 2.59. The van der Waals surface area contributed by atoms with Crippen LogP contribution in [0.25, 0.3) is 21.1 Å². The second-order valence-electron chi connectivity index (χ2n) is 3.41. The number of aromatic nitrogens is 1. The highest BCUT2D eigenvalue weighted by molar-refractivity contribution is 7.20. The Hall–Kier alpha value is -1.35. The number of hydrogen-bond acceptors (Lipinski definition) is 1. The van der Waals surface area contributed by atoms with E-state index in [4.69, 9.17) is 0 Å². The standard InChI is InChI=1S/C11H8FNS/c1-6-4-10-11(14-6)8-3-2-7(12)5-9(8)13-10/h2-5,13H,1H3. The predicted molar refractivity (Wildman–Crippen MR) is 58.4 cm³/mol. The number of H-pyrrole nitrogens is 1. The lowest BCUT2D eigenvalue weighted by Gasteiger charge is -1.89. The van der Waals surface area contributed by atoms with E-state index in [1.807, 2.05) is 6.07 Å². The molecule has 0 saturated heterocycles. The molecule has 0 atom stereocenters. The maximum atomic E-state index is 12.9. The maximum Gasteiger partial charge on any atom is 0.125 e. The van der Waals surface area contributed by atoms with Crippen molar-refractivity contribution in [1.82, 2.24) is 4.98 Å². The van der Waals surface area contributed by atoms with E-state index < -0.39 is 0 Å². The third-order valence-electron chi connectivity index (χ3n) is 2.35. The lowest BCUT2D eigenvalue weighted by atomic mass is 10.2. The van der Waals surface area contributed by atoms with Gasteiger partial charge in [0, 0.05) is 10.3 Å². The van der Waals surface area contributed by atoms with Crippen molar-refractivity contribution in [2.75, 3.05) is 0 Å². The van der Waals surface area contributed by atoms with E-state index in [-0.39, 0.29) is 5.82 Å². The SMILES string of the molecule is Cc1cc2[nH]c3cc(F)ccc3c2s1. The Morgan fingerprint density at radius 3 is 2.93 bits per heavy atom. The lowest BCUT2D eigenvalue weighted by molar-refractivity contribution is 0.629. The fourth-order valence-corrected chi connectivity index (χ4v) is 2.78. The summed E-state index contributed by atoms with van der Waals surface area (Å²) in [4.78, 5) is 4.49. The van der Waals surface area contributed by atoms with Crippen LogP contribution in [-0.2, 0) is 0 Å². The van der Waals surface area contributed by atoms with Crippen molar-refractivity contribution in [3.8, 4) is 0 Å². The van der Waals surface area contributed by atoms with Crippen LogP contribution in [0.1, 0.15) is 4.88 Å². The van der Waals surface area contributed by atoms with Crippen molar-refractivity contribution in [3.05, 3.63) is 35.0 Å². The van der Waals surface area contributed by atoms with Crippen molar-refractivity contribution in [2.45, 2.75) is 6.92 Å². The zero-order valence-electron chi connectivity index (χ0n) is 7.60. The molecule has 0 bridgehead atoms. The van der Waals surface area contributed by atoms with Crippen LogP contribution in [0, 0.1) is 12.7 Å². The minimum atomic E-state index is -0.192. The summed E-state index contributed by atoms with van der Waals surface area (Å²) in [7, 11) is 0. The molecule has 0 aliphatic rings. The zero-order chi connectivity index (χ0) is 9.71. The van der Waals surface area contributed by atoms with Crippen molar-refractivity contribution >= 4 is 32.5 Å². The second kappa shape index (κ2) is 2.58. The maximum absolute atomic E-state index is 12.9. The molecular formula is C11H8FNS. The number of hydrogen-bond donors (Lipinski definition) is 1. The van der Waals surface area contributed by atoms with E-state index in [9.17, 15) is 4.39 Å². The van der Waals surface area contributed by atoms with E-state index in [1.165, 1.54) is 21.7 Å². The summed E-state index contributed by atoms with van der Waals surface area (Å²) in [6, 6.07) is 6.97. The summed E-state index contributed by atoms with van der Waals surface area (Å²) in [6.07, 6.45) is 0. The highest BCUT2D eigenvalue weighted by Gasteiger charge is 2.07. The largest absolute Gasteiger partial charge is 0.354 e. The van der Waals surface area contributed by atoms with E-state index in [1.54, 1.807) is 11.3 Å². The fraction of sp³-hybridized carbons (Fsp3) is 0.0909. The minimum absolute atomic E-state index is 0.192. The highest BCUT2D eigenvalue weighted by atomic mass is 32.1. The molecular weight excluding hydrogens is 197 g/mol. The molecule has 2 aromatic heterocycles. The van der Waals surface area contributed by atoms with Gasteiger partial charge in [-0.2, -0.15) is 0 Å². The van der Waals surface area contributed by atoms with Gasteiger partial charge in [0.25, 0.3) is 0 Å². The Kier molecular flexibility index (Phi) is 1.47. The Morgan fingerprint density at radius 2 is 2.07 bits per heavy atom. The Bertz CT molecular complexity index is 617. The number of benzene rings is 1. The summed E-state index contributed by atoms with van der Waals surface area (Å²) in [5.74, 6) is -0.192. The molecule has 0 unspecified atom stereocenters. The van der Waals surface area contributed by atoms with Gasteiger partial charge in [0.1, 0.15) is 5.82 Å². The molecule has 0 aliphatic carbocycles. The lowest BCUT2D eigenvalue weighted by Crippen LogP contribution is -1.72. The van der Waals surface area contributed by atoms with Gasteiger partial charge < -0.3 is 4.98 Å². The molecule has 1 nitrogen and oxygen atoms in total. The van der Waals surface area contributed by atoms with Crippen LogP contribution in [0.2, 0.25) is 0 Å². The van der Waals surface area contributed by atoms with Gasteiger partial charge in [-0.25, -0.2) is 4.39 Å². The first-order chi connectivity index (χ1) is 6.74. The van der Waals surface area contributed by atoms with Gasteiger partial charge in [-0.3, -0.25) is 0 Å². The first kappa shape index (κ1) is 8.00. The zero-order valence-corrected chi connectivity index (χ0v) is 8.41. The molecule has 0 fully saturated rings. The van der Waals surface area contributed by atoms with Gasteiger partial charge in [0.15, 0.2) is 0 Å². The molecule has 2 heterocycles. The Morgan fingerprint density at radius 1 is 1.21 bits per heavy atom. The minimum Gasteiger partial charge on any atom is -0.354 e. The second-order valence-corrected chi connectivity index (χ2v) is 4.67. The number of nitrogens with one attached hydrogen (secondary N) is 1. The molecule has 14 heavy (non-hydrogen) atoms. The van der Waals surface area contributed by atoms with Crippen LogP contribution in [0.15, 0.2) is 24.3 Å². The summed E-state index contributed by atoms with van der Waals surface area (Å²) in [5, 5.41) is 1.11. The Labute approximate surface area is 84.2 Å². The van der Waals surface area contributed by atoms with E-state index in [0.29, 0.717) is 0 Å². The summed E-state index contributed by atoms with van der Waals surface area (Å²) < 4.78 is 14.2. The molecule has 0 aliphatic heterocycles. The van der Waals surface area contributed by atoms with Crippen LogP contribution in [0.5, 0.6) is 0 Å². The smallest absolute Gasteiger partial charge is 0.125 e. The van der Waals surface area contributed by atoms with Crippen LogP contribution in [-0.4, -0.2) is 4.98 Å². The quantitative estimate of drug-likeness (QED) is 0.574. The van der Waals surface area contributed by atoms with Gasteiger partial charge in [-0.1, -0.05) is 0 Å². The van der Waals surface area contributed by atoms with Gasteiger partial charge in [-0.05, 0) is 31.2 Å². The predicted octanol–water partition coefficient (Wildman–Crippen LogP) is 3.83. The number of thiophene rings is 1.